The van der Waals surface area contributed by atoms with Gasteiger partial charge in [-0.25, -0.2) is 4.79 Å². The van der Waals surface area contributed by atoms with Gasteiger partial charge in [-0.3, -0.25) is 0 Å². The van der Waals surface area contributed by atoms with Crippen molar-refractivity contribution in [2.24, 2.45) is 0 Å². The van der Waals surface area contributed by atoms with Crippen molar-refractivity contribution in [2.75, 3.05) is 19.5 Å². The van der Waals surface area contributed by atoms with Gasteiger partial charge in [-0.15, -0.1) is 0 Å². The molecule has 0 aliphatic rings. The van der Waals surface area contributed by atoms with Crippen molar-refractivity contribution in [1.82, 2.24) is 0 Å². The first-order chi connectivity index (χ1) is 15.5. The number of methoxy groups -OCH3 is 1. The molecule has 162 valence electrons. The number of carbonyl (C=O) groups excluding carboxylic acids is 1. The van der Waals surface area contributed by atoms with E-state index in [1.165, 1.54) is 0 Å². The zero-order valence-electron chi connectivity index (χ0n) is 17.4. The van der Waals surface area contributed by atoms with Gasteiger partial charge >= 0.3 is 5.97 Å². The van der Waals surface area contributed by atoms with Crippen molar-refractivity contribution in [2.45, 2.75) is 0 Å². The number of hydrogen-bond donors (Lipinski definition) is 2. The van der Waals surface area contributed by atoms with Gasteiger partial charge in [0.1, 0.15) is 11.5 Å². The third-order valence-electron chi connectivity index (χ3n) is 4.87. The molecule has 0 amide bonds. The molecule has 0 bridgehead atoms. The summed E-state index contributed by atoms with van der Waals surface area (Å²) in [4.78, 5) is 12.8. The van der Waals surface area contributed by atoms with Gasteiger partial charge in [0.15, 0.2) is 11.5 Å². The molecule has 0 fully saturated rings. The maximum absolute atomic E-state index is 12.8. The van der Waals surface area contributed by atoms with Crippen molar-refractivity contribution < 1.29 is 23.8 Å². The van der Waals surface area contributed by atoms with Gasteiger partial charge < -0.3 is 24.3 Å². The van der Waals surface area contributed by atoms with Crippen LogP contribution in [0.25, 0.3) is 22.5 Å². The Balaban J connectivity index is 1.67. The number of benzene rings is 3. The van der Waals surface area contributed by atoms with Gasteiger partial charge in [-0.05, 0) is 58.5 Å². The average molecular weight is 541 g/mol. The SMILES string of the molecule is CNc1oc(-c2ccccc2)c(O)c1-c1cccc(C(=O)Oc2ccc(OC)c(I)c2)c1. The lowest BCUT2D eigenvalue weighted by Gasteiger charge is -2.09. The van der Waals surface area contributed by atoms with E-state index in [0.717, 1.165) is 9.13 Å². The van der Waals surface area contributed by atoms with Crippen LogP contribution in [0.2, 0.25) is 0 Å². The van der Waals surface area contributed by atoms with Crippen LogP contribution in [0.1, 0.15) is 10.4 Å². The van der Waals surface area contributed by atoms with Crippen molar-refractivity contribution in [1.29, 1.82) is 0 Å². The van der Waals surface area contributed by atoms with Crippen LogP contribution in [-0.4, -0.2) is 25.2 Å². The summed E-state index contributed by atoms with van der Waals surface area (Å²) in [6, 6.07) is 21.3. The highest BCUT2D eigenvalue weighted by Crippen LogP contribution is 2.46. The normalized spacial score (nSPS) is 10.6. The number of carbonyl (C=O) groups is 1. The topological polar surface area (TPSA) is 80.9 Å². The first kappa shape index (κ1) is 21.8. The lowest BCUT2D eigenvalue weighted by atomic mass is 10.0. The molecule has 4 aromatic rings. The van der Waals surface area contributed by atoms with Crippen LogP contribution in [-0.2, 0) is 0 Å². The fraction of sp³-hybridized carbons (Fsp3) is 0.0800. The Hall–Kier alpha value is -3.46. The summed E-state index contributed by atoms with van der Waals surface area (Å²) in [5.74, 6) is 1.36. The number of esters is 1. The highest BCUT2D eigenvalue weighted by Gasteiger charge is 2.23. The number of furan rings is 1. The summed E-state index contributed by atoms with van der Waals surface area (Å²) in [5, 5.41) is 13.9. The Labute approximate surface area is 198 Å². The van der Waals surface area contributed by atoms with E-state index < -0.39 is 5.97 Å². The van der Waals surface area contributed by atoms with Gasteiger partial charge in [-0.1, -0.05) is 42.5 Å². The minimum atomic E-state index is -0.509. The number of anilines is 1. The molecule has 0 aliphatic heterocycles. The van der Waals surface area contributed by atoms with Crippen LogP contribution in [0.15, 0.2) is 77.2 Å². The minimum absolute atomic E-state index is 0.00391. The molecule has 3 aromatic carbocycles. The number of halogens is 1. The van der Waals surface area contributed by atoms with Crippen molar-refractivity contribution >= 4 is 34.4 Å². The van der Waals surface area contributed by atoms with Crippen LogP contribution in [0.5, 0.6) is 17.2 Å². The molecule has 0 aliphatic carbocycles. The van der Waals surface area contributed by atoms with Gasteiger partial charge in [-0.2, -0.15) is 0 Å². The van der Waals surface area contributed by atoms with E-state index in [-0.39, 0.29) is 5.75 Å². The van der Waals surface area contributed by atoms with Crippen LogP contribution >= 0.6 is 22.6 Å². The quantitative estimate of drug-likeness (QED) is 0.172. The second-order valence-electron chi connectivity index (χ2n) is 6.87. The molecule has 0 saturated heterocycles. The minimum Gasteiger partial charge on any atom is -0.504 e. The number of ether oxygens (including phenoxy) is 2. The molecular weight excluding hydrogens is 521 g/mol. The second kappa shape index (κ2) is 9.35. The van der Waals surface area contributed by atoms with Crippen molar-refractivity contribution in [3.05, 3.63) is 81.9 Å². The first-order valence-corrected chi connectivity index (χ1v) is 10.8. The molecule has 7 heteroatoms. The highest BCUT2D eigenvalue weighted by molar-refractivity contribution is 14.1. The van der Waals surface area contributed by atoms with E-state index in [0.29, 0.717) is 39.8 Å². The van der Waals surface area contributed by atoms with Gasteiger partial charge in [0.2, 0.25) is 5.88 Å². The van der Waals surface area contributed by atoms with Gasteiger partial charge in [0.05, 0.1) is 21.8 Å². The van der Waals surface area contributed by atoms with E-state index in [1.807, 2.05) is 30.3 Å². The molecule has 0 unspecified atom stereocenters. The third-order valence-corrected chi connectivity index (χ3v) is 5.71. The summed E-state index contributed by atoms with van der Waals surface area (Å²) in [7, 11) is 3.29. The van der Waals surface area contributed by atoms with Gasteiger partial charge in [0.25, 0.3) is 0 Å². The van der Waals surface area contributed by atoms with E-state index in [1.54, 1.807) is 56.6 Å². The monoisotopic (exact) mass is 541 g/mol. The Bertz CT molecular complexity index is 1270. The fourth-order valence-corrected chi connectivity index (χ4v) is 4.04. The van der Waals surface area contributed by atoms with Crippen LogP contribution in [0.3, 0.4) is 0 Å². The van der Waals surface area contributed by atoms with E-state index in [2.05, 4.69) is 27.9 Å². The smallest absolute Gasteiger partial charge is 0.343 e. The molecule has 1 aromatic heterocycles. The lowest BCUT2D eigenvalue weighted by molar-refractivity contribution is 0.0734. The molecular formula is C25H20INO5. The molecule has 1 heterocycles. The maximum atomic E-state index is 12.8. The maximum Gasteiger partial charge on any atom is 0.343 e. The third kappa shape index (κ3) is 4.29. The Morgan fingerprint density at radius 3 is 2.44 bits per heavy atom. The second-order valence-corrected chi connectivity index (χ2v) is 8.03. The molecule has 32 heavy (non-hydrogen) atoms. The molecule has 0 saturated carbocycles. The zero-order chi connectivity index (χ0) is 22.7. The average Bonchev–Trinajstić information content (AvgIpc) is 3.16. The Morgan fingerprint density at radius 1 is 1.00 bits per heavy atom. The standard InChI is InChI=1S/C25H20INO5/c1-27-24-21(22(28)23(32-24)15-7-4-3-5-8-15)16-9-6-10-17(13-16)25(29)31-18-11-12-20(30-2)19(26)14-18/h3-14,27-28H,1-2H3. The molecule has 6 nitrogen and oxygen atoms in total. The summed E-state index contributed by atoms with van der Waals surface area (Å²) in [6.07, 6.45) is 0. The highest BCUT2D eigenvalue weighted by atomic mass is 127. The van der Waals surface area contributed by atoms with E-state index in [4.69, 9.17) is 13.9 Å². The van der Waals surface area contributed by atoms with Crippen molar-refractivity contribution in [3.63, 3.8) is 0 Å². The zero-order valence-corrected chi connectivity index (χ0v) is 19.5. The predicted octanol–water partition coefficient (Wildman–Crippen LogP) is 6.19. The van der Waals surface area contributed by atoms with Crippen LogP contribution in [0.4, 0.5) is 5.88 Å². The predicted molar refractivity (Wildman–Crippen MR) is 131 cm³/mol. The lowest BCUT2D eigenvalue weighted by Crippen LogP contribution is -2.08. The summed E-state index contributed by atoms with van der Waals surface area (Å²) >= 11 is 2.12. The largest absolute Gasteiger partial charge is 0.504 e. The molecule has 0 radical (unpaired) electrons. The van der Waals surface area contributed by atoms with Crippen molar-refractivity contribution in [3.8, 4) is 39.7 Å². The molecule has 2 N–H and O–H groups in total. The Kier molecular flexibility index (Phi) is 6.36. The number of aromatic hydroxyl groups is 1. The van der Waals surface area contributed by atoms with Crippen LogP contribution in [0, 0.1) is 3.57 Å². The van der Waals surface area contributed by atoms with E-state index >= 15 is 0 Å². The number of nitrogens with one attached hydrogen (secondary N) is 1. The summed E-state index contributed by atoms with van der Waals surface area (Å²) in [6.45, 7) is 0. The fourth-order valence-electron chi connectivity index (χ4n) is 3.33. The van der Waals surface area contributed by atoms with E-state index in [9.17, 15) is 9.90 Å². The number of rotatable bonds is 6. The summed E-state index contributed by atoms with van der Waals surface area (Å²) < 4.78 is 17.5. The Morgan fingerprint density at radius 2 is 1.75 bits per heavy atom. The molecule has 0 atom stereocenters. The summed E-state index contributed by atoms with van der Waals surface area (Å²) in [5.41, 5.74) is 2.19. The molecule has 4 rings (SSSR count). The molecule has 0 spiro atoms. The first-order valence-electron chi connectivity index (χ1n) is 9.77. The number of hydrogen-bond acceptors (Lipinski definition) is 6. The van der Waals surface area contributed by atoms with Crippen LogP contribution < -0.4 is 14.8 Å². The van der Waals surface area contributed by atoms with Gasteiger partial charge in [0, 0.05) is 12.6 Å².